The van der Waals surface area contributed by atoms with Gasteiger partial charge in [-0.05, 0) is 32.1 Å². The van der Waals surface area contributed by atoms with E-state index in [1.807, 2.05) is 4.90 Å². The summed E-state index contributed by atoms with van der Waals surface area (Å²) in [6.45, 7) is 4.20. The minimum atomic E-state index is -0.150. The number of ether oxygens (including phenoxy) is 1. The second kappa shape index (κ2) is 23.4. The standard InChI is InChI=1S/C24H47NO4/c1-2-3-4-5-6-7-8-9-10-11-12-13-14-15-16-17-24(28)29-23-20-25(18-21-26)19-22-27/h11-12,26-27H,2-10,13-23H2,1H3/b12-11+. The van der Waals surface area contributed by atoms with Crippen LogP contribution in [0.15, 0.2) is 12.2 Å². The number of nitrogens with zero attached hydrogens (tertiary/aromatic N) is 1. The Morgan fingerprint density at radius 1 is 0.759 bits per heavy atom. The molecule has 0 atom stereocenters. The molecule has 0 spiro atoms. The normalized spacial score (nSPS) is 11.6. The molecule has 0 saturated heterocycles. The van der Waals surface area contributed by atoms with Crippen molar-refractivity contribution in [1.82, 2.24) is 4.90 Å². The van der Waals surface area contributed by atoms with Gasteiger partial charge in [-0.2, -0.15) is 0 Å². The summed E-state index contributed by atoms with van der Waals surface area (Å²) >= 11 is 0. The molecule has 0 fully saturated rings. The van der Waals surface area contributed by atoms with Crippen molar-refractivity contribution >= 4 is 5.97 Å². The number of hydrogen-bond donors (Lipinski definition) is 2. The van der Waals surface area contributed by atoms with Gasteiger partial charge in [0.2, 0.25) is 0 Å². The lowest BCUT2D eigenvalue weighted by Gasteiger charge is -2.19. The molecule has 0 aromatic carbocycles. The maximum absolute atomic E-state index is 11.7. The maximum Gasteiger partial charge on any atom is 0.305 e. The molecule has 0 bridgehead atoms. The van der Waals surface area contributed by atoms with Crippen molar-refractivity contribution < 1.29 is 19.7 Å². The van der Waals surface area contributed by atoms with E-state index in [1.54, 1.807) is 0 Å². The van der Waals surface area contributed by atoms with Crippen LogP contribution in [0.4, 0.5) is 0 Å². The van der Waals surface area contributed by atoms with E-state index in [4.69, 9.17) is 14.9 Å². The molecule has 0 aliphatic carbocycles. The first-order valence-corrected chi connectivity index (χ1v) is 12.0. The van der Waals surface area contributed by atoms with Crippen molar-refractivity contribution in [3.63, 3.8) is 0 Å². The van der Waals surface area contributed by atoms with Crippen LogP contribution in [0.2, 0.25) is 0 Å². The quantitative estimate of drug-likeness (QED) is 0.151. The predicted molar refractivity (Wildman–Crippen MR) is 121 cm³/mol. The molecular weight excluding hydrogens is 366 g/mol. The molecule has 0 aliphatic rings. The molecular formula is C24H47NO4. The first-order valence-electron chi connectivity index (χ1n) is 12.0. The highest BCUT2D eigenvalue weighted by atomic mass is 16.5. The minimum absolute atomic E-state index is 0.0432. The largest absolute Gasteiger partial charge is 0.464 e. The molecule has 0 saturated carbocycles. The third kappa shape index (κ3) is 21.6. The molecule has 0 amide bonds. The Morgan fingerprint density at radius 2 is 1.28 bits per heavy atom. The SMILES string of the molecule is CCCCCCCCCC/C=C/CCCCCC(=O)OCCN(CCO)CCO. The molecule has 0 radical (unpaired) electrons. The molecule has 29 heavy (non-hydrogen) atoms. The first kappa shape index (κ1) is 28.1. The number of allylic oxidation sites excluding steroid dienone is 2. The molecule has 172 valence electrons. The van der Waals surface area contributed by atoms with Crippen LogP contribution in [0.5, 0.6) is 0 Å². The van der Waals surface area contributed by atoms with Crippen LogP contribution in [0.3, 0.4) is 0 Å². The minimum Gasteiger partial charge on any atom is -0.464 e. The van der Waals surface area contributed by atoms with Gasteiger partial charge in [-0.1, -0.05) is 70.4 Å². The van der Waals surface area contributed by atoms with Gasteiger partial charge < -0.3 is 14.9 Å². The van der Waals surface area contributed by atoms with Crippen LogP contribution in [0, 0.1) is 0 Å². The molecule has 0 aliphatic heterocycles. The Bertz CT molecular complexity index is 368. The number of aliphatic hydroxyl groups is 2. The summed E-state index contributed by atoms with van der Waals surface area (Å²) in [7, 11) is 0. The van der Waals surface area contributed by atoms with Crippen molar-refractivity contribution in [1.29, 1.82) is 0 Å². The average Bonchev–Trinajstić information content (AvgIpc) is 2.71. The number of aliphatic hydroxyl groups excluding tert-OH is 2. The fraction of sp³-hybridized carbons (Fsp3) is 0.875. The van der Waals surface area contributed by atoms with Gasteiger partial charge in [0.1, 0.15) is 6.61 Å². The molecule has 0 unspecified atom stereocenters. The summed E-state index contributed by atoms with van der Waals surface area (Å²) in [5.41, 5.74) is 0. The van der Waals surface area contributed by atoms with Crippen molar-refractivity contribution in [2.75, 3.05) is 39.5 Å². The lowest BCUT2D eigenvalue weighted by molar-refractivity contribution is -0.144. The zero-order chi connectivity index (χ0) is 21.4. The van der Waals surface area contributed by atoms with Gasteiger partial charge in [0, 0.05) is 26.1 Å². The molecule has 2 N–H and O–H groups in total. The lowest BCUT2D eigenvalue weighted by atomic mass is 10.1. The summed E-state index contributed by atoms with van der Waals surface area (Å²) < 4.78 is 5.23. The molecule has 0 rings (SSSR count). The Labute approximate surface area is 179 Å². The van der Waals surface area contributed by atoms with Crippen molar-refractivity contribution in [2.45, 2.75) is 96.8 Å². The second-order valence-corrected chi connectivity index (χ2v) is 7.84. The van der Waals surface area contributed by atoms with Crippen LogP contribution in [-0.2, 0) is 9.53 Å². The number of unbranched alkanes of at least 4 members (excludes halogenated alkanes) is 11. The van der Waals surface area contributed by atoms with E-state index in [0.29, 0.717) is 32.7 Å². The Hall–Kier alpha value is -0.910. The third-order valence-corrected chi connectivity index (χ3v) is 5.15. The molecule has 5 nitrogen and oxygen atoms in total. The van der Waals surface area contributed by atoms with Crippen LogP contribution in [-0.4, -0.2) is 60.5 Å². The average molecular weight is 414 g/mol. The van der Waals surface area contributed by atoms with Crippen molar-refractivity contribution in [3.8, 4) is 0 Å². The van der Waals surface area contributed by atoms with Gasteiger partial charge in [0.15, 0.2) is 0 Å². The van der Waals surface area contributed by atoms with E-state index in [2.05, 4.69) is 19.1 Å². The van der Waals surface area contributed by atoms with E-state index in [0.717, 1.165) is 25.7 Å². The number of esters is 1. The first-order chi connectivity index (χ1) is 14.2. The van der Waals surface area contributed by atoms with E-state index in [9.17, 15) is 4.79 Å². The summed E-state index contributed by atoms with van der Waals surface area (Å²) in [5, 5.41) is 17.9. The van der Waals surface area contributed by atoms with Crippen LogP contribution >= 0.6 is 0 Å². The number of rotatable bonds is 22. The molecule has 0 heterocycles. The van der Waals surface area contributed by atoms with E-state index >= 15 is 0 Å². The summed E-state index contributed by atoms with van der Waals surface area (Å²) in [6, 6.07) is 0. The van der Waals surface area contributed by atoms with Gasteiger partial charge in [-0.3, -0.25) is 9.69 Å². The van der Waals surface area contributed by atoms with E-state index < -0.39 is 0 Å². The lowest BCUT2D eigenvalue weighted by Crippen LogP contribution is -2.33. The van der Waals surface area contributed by atoms with Crippen LogP contribution < -0.4 is 0 Å². The highest BCUT2D eigenvalue weighted by molar-refractivity contribution is 5.69. The third-order valence-electron chi connectivity index (χ3n) is 5.15. The Kier molecular flexibility index (Phi) is 22.6. The van der Waals surface area contributed by atoms with Crippen molar-refractivity contribution in [3.05, 3.63) is 12.2 Å². The molecule has 5 heteroatoms. The molecule has 0 aromatic rings. The highest BCUT2D eigenvalue weighted by Crippen LogP contribution is 2.10. The summed E-state index contributed by atoms with van der Waals surface area (Å²) in [5.74, 6) is -0.150. The van der Waals surface area contributed by atoms with Crippen LogP contribution in [0.25, 0.3) is 0 Å². The monoisotopic (exact) mass is 413 g/mol. The topological polar surface area (TPSA) is 70.0 Å². The number of carbonyl (C=O) groups excluding carboxylic acids is 1. The summed E-state index contributed by atoms with van der Waals surface area (Å²) in [6.07, 6.45) is 21.4. The van der Waals surface area contributed by atoms with Crippen LogP contribution in [0.1, 0.15) is 96.8 Å². The van der Waals surface area contributed by atoms with Crippen molar-refractivity contribution in [2.24, 2.45) is 0 Å². The maximum atomic E-state index is 11.7. The predicted octanol–water partition coefficient (Wildman–Crippen LogP) is 4.85. The summed E-state index contributed by atoms with van der Waals surface area (Å²) in [4.78, 5) is 13.6. The number of hydrogen-bond acceptors (Lipinski definition) is 5. The second-order valence-electron chi connectivity index (χ2n) is 7.84. The van der Waals surface area contributed by atoms with Gasteiger partial charge in [0.25, 0.3) is 0 Å². The van der Waals surface area contributed by atoms with E-state index in [-0.39, 0.29) is 19.2 Å². The Morgan fingerprint density at radius 3 is 1.83 bits per heavy atom. The van der Waals surface area contributed by atoms with Gasteiger partial charge in [0.05, 0.1) is 13.2 Å². The highest BCUT2D eigenvalue weighted by Gasteiger charge is 2.06. The fourth-order valence-corrected chi connectivity index (χ4v) is 3.32. The number of carbonyl (C=O) groups is 1. The zero-order valence-electron chi connectivity index (χ0n) is 19.0. The smallest absolute Gasteiger partial charge is 0.305 e. The van der Waals surface area contributed by atoms with Gasteiger partial charge in [-0.25, -0.2) is 0 Å². The Balaban J connectivity index is 3.38. The molecule has 0 aromatic heterocycles. The zero-order valence-corrected chi connectivity index (χ0v) is 19.0. The van der Waals surface area contributed by atoms with E-state index in [1.165, 1.54) is 57.8 Å². The van der Waals surface area contributed by atoms with Gasteiger partial charge >= 0.3 is 5.97 Å². The fourth-order valence-electron chi connectivity index (χ4n) is 3.32. The van der Waals surface area contributed by atoms with Gasteiger partial charge in [-0.15, -0.1) is 0 Å².